The lowest BCUT2D eigenvalue weighted by atomic mass is 9.77. The van der Waals surface area contributed by atoms with Crippen molar-refractivity contribution >= 4 is 0 Å². The van der Waals surface area contributed by atoms with Gasteiger partial charge in [0.2, 0.25) is 0 Å². The number of aromatic nitrogens is 3. The molecule has 0 spiro atoms. The fourth-order valence-corrected chi connectivity index (χ4v) is 1.30. The van der Waals surface area contributed by atoms with Gasteiger partial charge in [-0.05, 0) is 19.3 Å². The normalized spacial score (nSPS) is 21.2. The molecule has 0 aromatic carbocycles. The van der Waals surface area contributed by atoms with E-state index in [-0.39, 0.29) is 11.2 Å². The van der Waals surface area contributed by atoms with E-state index in [2.05, 4.69) is 15.2 Å². The van der Waals surface area contributed by atoms with Crippen LogP contribution in [0.3, 0.4) is 0 Å². The van der Waals surface area contributed by atoms with E-state index < -0.39 is 0 Å². The molecule has 5 nitrogen and oxygen atoms in total. The molecule has 0 atom stereocenters. The van der Waals surface area contributed by atoms with Crippen molar-refractivity contribution < 1.29 is 0 Å². The molecule has 2 rings (SSSR count). The number of rotatable bonds is 1. The predicted molar refractivity (Wildman–Crippen MR) is 38.9 cm³/mol. The summed E-state index contributed by atoms with van der Waals surface area (Å²) in [5, 5.41) is 6.09. The van der Waals surface area contributed by atoms with Crippen molar-refractivity contribution in [3.8, 4) is 0 Å². The van der Waals surface area contributed by atoms with Crippen molar-refractivity contribution in [1.29, 1.82) is 0 Å². The first-order chi connectivity index (χ1) is 5.21. The Morgan fingerprint density at radius 2 is 2.27 bits per heavy atom. The molecule has 0 unspecified atom stereocenters. The van der Waals surface area contributed by atoms with Crippen LogP contribution in [0.4, 0.5) is 0 Å². The van der Waals surface area contributed by atoms with Crippen LogP contribution in [0.15, 0.2) is 4.79 Å². The van der Waals surface area contributed by atoms with Crippen LogP contribution in [0.1, 0.15) is 25.1 Å². The Kier molecular flexibility index (Phi) is 1.17. The summed E-state index contributed by atoms with van der Waals surface area (Å²) < 4.78 is 0. The standard InChI is InChI=1S/C6H10N4O/c7-6(2-1-3-6)4-8-5(11)10-9-4/h1-3,7H2,(H2,8,9,10,11). The number of nitrogens with zero attached hydrogens (tertiary/aromatic N) is 1. The quantitative estimate of drug-likeness (QED) is 0.506. The van der Waals surface area contributed by atoms with E-state index in [9.17, 15) is 4.79 Å². The van der Waals surface area contributed by atoms with Crippen molar-refractivity contribution in [3.63, 3.8) is 0 Å². The lowest BCUT2D eigenvalue weighted by Crippen LogP contribution is -2.44. The maximum atomic E-state index is 10.6. The minimum Gasteiger partial charge on any atom is -0.319 e. The lowest BCUT2D eigenvalue weighted by molar-refractivity contribution is 0.239. The lowest BCUT2D eigenvalue weighted by Gasteiger charge is -2.35. The second-order valence-electron chi connectivity index (χ2n) is 3.04. The van der Waals surface area contributed by atoms with Crippen LogP contribution in [0, 0.1) is 0 Å². The summed E-state index contributed by atoms with van der Waals surface area (Å²) in [6, 6.07) is 0. The smallest absolute Gasteiger partial charge is 0.319 e. The van der Waals surface area contributed by atoms with E-state index in [0.717, 1.165) is 19.3 Å². The van der Waals surface area contributed by atoms with Crippen LogP contribution < -0.4 is 11.4 Å². The van der Waals surface area contributed by atoms with Crippen molar-refractivity contribution in [2.45, 2.75) is 24.8 Å². The van der Waals surface area contributed by atoms with Gasteiger partial charge in [-0.2, -0.15) is 5.10 Å². The van der Waals surface area contributed by atoms with Crippen molar-refractivity contribution in [2.75, 3.05) is 0 Å². The Labute approximate surface area is 63.0 Å². The highest BCUT2D eigenvalue weighted by Gasteiger charge is 2.37. The highest BCUT2D eigenvalue weighted by Crippen LogP contribution is 2.35. The minimum atomic E-state index is -0.362. The second kappa shape index (κ2) is 1.94. The van der Waals surface area contributed by atoms with E-state index in [4.69, 9.17) is 5.73 Å². The Morgan fingerprint density at radius 3 is 2.64 bits per heavy atom. The average Bonchev–Trinajstić information content (AvgIpc) is 2.31. The minimum absolute atomic E-state index is 0.281. The van der Waals surface area contributed by atoms with E-state index in [0.29, 0.717) is 5.82 Å². The fraction of sp³-hybridized carbons (Fsp3) is 0.667. The first-order valence-electron chi connectivity index (χ1n) is 3.65. The number of aromatic amines is 2. The van der Waals surface area contributed by atoms with Gasteiger partial charge in [-0.15, -0.1) is 0 Å². The van der Waals surface area contributed by atoms with Gasteiger partial charge in [-0.25, -0.2) is 9.89 Å². The molecular weight excluding hydrogens is 144 g/mol. The third-order valence-corrected chi connectivity index (χ3v) is 2.22. The molecule has 11 heavy (non-hydrogen) atoms. The molecule has 60 valence electrons. The molecule has 0 radical (unpaired) electrons. The summed E-state index contributed by atoms with van der Waals surface area (Å²) in [4.78, 5) is 13.2. The summed E-state index contributed by atoms with van der Waals surface area (Å²) in [6.45, 7) is 0. The molecule has 1 aromatic heterocycles. The summed E-state index contributed by atoms with van der Waals surface area (Å²) in [7, 11) is 0. The van der Waals surface area contributed by atoms with Crippen LogP contribution in [0.5, 0.6) is 0 Å². The van der Waals surface area contributed by atoms with E-state index in [1.54, 1.807) is 0 Å². The van der Waals surface area contributed by atoms with Gasteiger partial charge in [0.05, 0.1) is 5.54 Å². The number of hydrogen-bond acceptors (Lipinski definition) is 3. The van der Waals surface area contributed by atoms with Crippen LogP contribution in [0.2, 0.25) is 0 Å². The highest BCUT2D eigenvalue weighted by molar-refractivity contribution is 5.07. The van der Waals surface area contributed by atoms with Gasteiger partial charge in [0.15, 0.2) is 5.82 Å². The zero-order valence-corrected chi connectivity index (χ0v) is 6.05. The highest BCUT2D eigenvalue weighted by atomic mass is 16.1. The first-order valence-corrected chi connectivity index (χ1v) is 3.65. The maximum Gasteiger partial charge on any atom is 0.340 e. The number of nitrogens with two attached hydrogens (primary N) is 1. The van der Waals surface area contributed by atoms with Gasteiger partial charge < -0.3 is 5.73 Å². The number of H-pyrrole nitrogens is 2. The molecule has 0 bridgehead atoms. The largest absolute Gasteiger partial charge is 0.340 e. The molecule has 4 N–H and O–H groups in total. The fourth-order valence-electron chi connectivity index (χ4n) is 1.30. The molecule has 1 aliphatic carbocycles. The molecule has 0 amide bonds. The molecule has 1 aliphatic rings. The molecule has 0 saturated heterocycles. The van der Waals surface area contributed by atoms with Crippen LogP contribution in [-0.4, -0.2) is 15.2 Å². The number of nitrogens with one attached hydrogen (secondary N) is 2. The van der Waals surface area contributed by atoms with Gasteiger partial charge in [0, 0.05) is 0 Å². The van der Waals surface area contributed by atoms with Crippen LogP contribution in [-0.2, 0) is 5.54 Å². The summed E-state index contributed by atoms with van der Waals surface area (Å²) in [6.07, 6.45) is 2.94. The van der Waals surface area contributed by atoms with Gasteiger partial charge in [-0.3, -0.25) is 4.98 Å². The zero-order valence-electron chi connectivity index (χ0n) is 6.05. The Hall–Kier alpha value is -1.10. The molecule has 1 saturated carbocycles. The molecule has 5 heteroatoms. The van der Waals surface area contributed by atoms with Crippen LogP contribution in [0.25, 0.3) is 0 Å². The van der Waals surface area contributed by atoms with E-state index in [1.165, 1.54) is 0 Å². The van der Waals surface area contributed by atoms with Gasteiger partial charge >= 0.3 is 5.69 Å². The van der Waals surface area contributed by atoms with E-state index >= 15 is 0 Å². The summed E-state index contributed by atoms with van der Waals surface area (Å²) in [5.41, 5.74) is 5.24. The van der Waals surface area contributed by atoms with Crippen molar-refractivity contribution in [2.24, 2.45) is 5.73 Å². The molecule has 1 aromatic rings. The first kappa shape index (κ1) is 6.60. The summed E-state index contributed by atoms with van der Waals surface area (Å²) in [5.74, 6) is 0.591. The van der Waals surface area contributed by atoms with Gasteiger partial charge in [0.1, 0.15) is 0 Å². The van der Waals surface area contributed by atoms with Crippen molar-refractivity contribution in [1.82, 2.24) is 15.2 Å². The summed E-state index contributed by atoms with van der Waals surface area (Å²) >= 11 is 0. The zero-order chi connectivity index (χ0) is 7.90. The molecular formula is C6H10N4O. The Morgan fingerprint density at radius 1 is 1.55 bits per heavy atom. The topological polar surface area (TPSA) is 87.6 Å². The number of hydrogen-bond donors (Lipinski definition) is 3. The molecule has 1 heterocycles. The third-order valence-electron chi connectivity index (χ3n) is 2.22. The maximum absolute atomic E-state index is 10.6. The Bertz CT molecular complexity index is 308. The monoisotopic (exact) mass is 154 g/mol. The SMILES string of the molecule is NC1(c2n[nH]c(=O)[nH]2)CCC1. The molecule has 0 aliphatic heterocycles. The average molecular weight is 154 g/mol. The van der Waals surface area contributed by atoms with Gasteiger partial charge in [0.25, 0.3) is 0 Å². The van der Waals surface area contributed by atoms with Crippen molar-refractivity contribution in [3.05, 3.63) is 16.3 Å². The van der Waals surface area contributed by atoms with Gasteiger partial charge in [-0.1, -0.05) is 0 Å². The third kappa shape index (κ3) is 0.883. The Balaban J connectivity index is 2.35. The molecule has 1 fully saturated rings. The second-order valence-corrected chi connectivity index (χ2v) is 3.04. The van der Waals surface area contributed by atoms with E-state index in [1.807, 2.05) is 0 Å². The predicted octanol–water partition coefficient (Wildman–Crippen LogP) is -0.564. The van der Waals surface area contributed by atoms with Crippen LogP contribution >= 0.6 is 0 Å².